The molecule has 1 aromatic rings. The Bertz CT molecular complexity index is 787. The van der Waals surface area contributed by atoms with Gasteiger partial charge in [0.1, 0.15) is 18.0 Å². The number of hydrogen-bond acceptors (Lipinski definition) is 4. The number of carbonyl (C=O) groups excluding carboxylic acids is 2. The average Bonchev–Trinajstić information content (AvgIpc) is 2.67. The van der Waals surface area contributed by atoms with Crippen molar-refractivity contribution in [2.24, 2.45) is 0 Å². The summed E-state index contributed by atoms with van der Waals surface area (Å²) >= 11 is 0. The first kappa shape index (κ1) is 23.2. The van der Waals surface area contributed by atoms with Crippen molar-refractivity contribution in [3.05, 3.63) is 29.8 Å². The van der Waals surface area contributed by atoms with Crippen molar-refractivity contribution >= 4 is 11.8 Å². The lowest BCUT2D eigenvalue weighted by molar-refractivity contribution is -0.170. The number of carbonyl (C=O) groups is 2. The molecule has 2 unspecified atom stereocenters. The Labute approximate surface area is 176 Å². The highest BCUT2D eigenvalue weighted by molar-refractivity contribution is 5.89. The van der Waals surface area contributed by atoms with Gasteiger partial charge in [0.2, 0.25) is 11.8 Å². The fourth-order valence-electron chi connectivity index (χ4n) is 4.07. The molecule has 2 fully saturated rings. The second-order valence-corrected chi connectivity index (χ2v) is 7.70. The average molecular weight is 449 g/mol. The van der Waals surface area contributed by atoms with E-state index in [1.54, 1.807) is 19.1 Å². The summed E-state index contributed by atoms with van der Waals surface area (Å²) in [6.45, 7) is -0.429. The summed E-state index contributed by atoms with van der Waals surface area (Å²) in [7, 11) is 0. The number of halogens is 5. The van der Waals surface area contributed by atoms with Gasteiger partial charge in [-0.15, -0.1) is 0 Å². The molecule has 11 heteroatoms. The molecule has 0 bridgehead atoms. The summed E-state index contributed by atoms with van der Waals surface area (Å²) in [5.41, 5.74) is 0.795. The Morgan fingerprint density at radius 2 is 1.84 bits per heavy atom. The zero-order valence-corrected chi connectivity index (χ0v) is 16.9. The SMILES string of the molecule is CC1C(=O)N(CCCC(F)(F)F)CC2N(Cc3ccc(OC(F)F)cc3)CCC(=O)N12. The third-order valence-corrected chi connectivity index (χ3v) is 5.54. The van der Waals surface area contributed by atoms with Gasteiger partial charge in [0.25, 0.3) is 0 Å². The van der Waals surface area contributed by atoms with Crippen molar-refractivity contribution in [2.45, 2.75) is 57.7 Å². The highest BCUT2D eigenvalue weighted by Gasteiger charge is 2.45. The van der Waals surface area contributed by atoms with Gasteiger partial charge in [-0.25, -0.2) is 0 Å². The Kier molecular flexibility index (Phi) is 7.03. The molecule has 2 amide bonds. The summed E-state index contributed by atoms with van der Waals surface area (Å²) in [5.74, 6) is -0.498. The summed E-state index contributed by atoms with van der Waals surface area (Å²) in [5, 5.41) is 0. The second kappa shape index (κ2) is 9.37. The van der Waals surface area contributed by atoms with Crippen molar-refractivity contribution in [1.82, 2.24) is 14.7 Å². The molecular weight excluding hydrogens is 425 g/mol. The molecule has 2 heterocycles. The van der Waals surface area contributed by atoms with Gasteiger partial charge in [0.05, 0.1) is 6.54 Å². The van der Waals surface area contributed by atoms with E-state index in [0.29, 0.717) is 13.1 Å². The van der Waals surface area contributed by atoms with Gasteiger partial charge in [-0.3, -0.25) is 14.5 Å². The minimum absolute atomic E-state index is 0.0296. The molecule has 2 atom stereocenters. The number of alkyl halides is 5. The summed E-state index contributed by atoms with van der Waals surface area (Å²) < 4.78 is 66.4. The van der Waals surface area contributed by atoms with Crippen LogP contribution in [0.15, 0.2) is 24.3 Å². The van der Waals surface area contributed by atoms with Crippen LogP contribution in [-0.4, -0.2) is 71.1 Å². The lowest BCUT2D eigenvalue weighted by Gasteiger charge is -2.51. The topological polar surface area (TPSA) is 53.1 Å². The Morgan fingerprint density at radius 1 is 1.16 bits per heavy atom. The van der Waals surface area contributed by atoms with Crippen LogP contribution in [0.4, 0.5) is 22.0 Å². The molecule has 2 aliphatic heterocycles. The van der Waals surface area contributed by atoms with E-state index in [2.05, 4.69) is 4.74 Å². The van der Waals surface area contributed by atoms with Crippen LogP contribution < -0.4 is 4.74 Å². The Hall–Kier alpha value is -2.43. The van der Waals surface area contributed by atoms with Crippen LogP contribution in [0.25, 0.3) is 0 Å². The first-order valence-corrected chi connectivity index (χ1v) is 9.99. The number of fused-ring (bicyclic) bond motifs is 1. The summed E-state index contributed by atoms with van der Waals surface area (Å²) in [6, 6.07) is 5.35. The van der Waals surface area contributed by atoms with Crippen molar-refractivity contribution < 1.29 is 36.3 Å². The van der Waals surface area contributed by atoms with Gasteiger partial charge in [-0.1, -0.05) is 12.1 Å². The molecule has 0 spiro atoms. The molecule has 6 nitrogen and oxygen atoms in total. The number of piperazine rings is 1. The molecular formula is C20H24F5N3O3. The number of nitrogens with zero attached hydrogens (tertiary/aromatic N) is 3. The van der Waals surface area contributed by atoms with Gasteiger partial charge < -0.3 is 14.5 Å². The van der Waals surface area contributed by atoms with E-state index >= 15 is 0 Å². The van der Waals surface area contributed by atoms with Crippen LogP contribution in [0.1, 0.15) is 31.7 Å². The van der Waals surface area contributed by atoms with Gasteiger partial charge in [0.15, 0.2) is 0 Å². The maximum absolute atomic E-state index is 12.6. The van der Waals surface area contributed by atoms with Crippen LogP contribution in [0, 0.1) is 0 Å². The summed E-state index contributed by atoms with van der Waals surface area (Å²) in [6.07, 6.45) is -5.71. The quantitative estimate of drug-likeness (QED) is 0.600. The molecule has 3 rings (SSSR count). The third kappa shape index (κ3) is 5.84. The van der Waals surface area contributed by atoms with Gasteiger partial charge in [0, 0.05) is 32.5 Å². The standard InChI is InChI=1S/C20H24F5N3O3/c1-13-18(30)27(9-2-8-20(23,24)25)12-16-26(10-7-17(29)28(13)16)11-14-3-5-15(6-4-14)31-19(21)22/h3-6,13,16,19H,2,7-12H2,1H3. The monoisotopic (exact) mass is 449 g/mol. The predicted octanol–water partition coefficient (Wildman–Crippen LogP) is 3.22. The van der Waals surface area contributed by atoms with Gasteiger partial charge in [-0.2, -0.15) is 22.0 Å². The van der Waals surface area contributed by atoms with Crippen LogP contribution in [0.2, 0.25) is 0 Å². The summed E-state index contributed by atoms with van der Waals surface area (Å²) in [4.78, 5) is 30.0. The molecule has 1 aromatic carbocycles. The van der Waals surface area contributed by atoms with E-state index in [0.717, 1.165) is 5.56 Å². The van der Waals surface area contributed by atoms with Gasteiger partial charge >= 0.3 is 12.8 Å². The molecule has 0 aliphatic carbocycles. The van der Waals surface area contributed by atoms with E-state index in [4.69, 9.17) is 0 Å². The second-order valence-electron chi connectivity index (χ2n) is 7.70. The lowest BCUT2D eigenvalue weighted by atomic mass is 10.0. The van der Waals surface area contributed by atoms with Crippen LogP contribution in [-0.2, 0) is 16.1 Å². The van der Waals surface area contributed by atoms with Crippen LogP contribution in [0.3, 0.4) is 0 Å². The maximum atomic E-state index is 12.6. The molecule has 31 heavy (non-hydrogen) atoms. The smallest absolute Gasteiger partial charge is 0.389 e. The molecule has 0 radical (unpaired) electrons. The molecule has 0 aromatic heterocycles. The lowest BCUT2D eigenvalue weighted by Crippen LogP contribution is -2.69. The van der Waals surface area contributed by atoms with Crippen LogP contribution >= 0.6 is 0 Å². The fourth-order valence-corrected chi connectivity index (χ4v) is 4.07. The fraction of sp³-hybridized carbons (Fsp3) is 0.600. The van der Waals surface area contributed by atoms with Crippen molar-refractivity contribution in [2.75, 3.05) is 19.6 Å². The minimum Gasteiger partial charge on any atom is -0.435 e. The Morgan fingerprint density at radius 3 is 2.45 bits per heavy atom. The van der Waals surface area contributed by atoms with E-state index in [-0.39, 0.29) is 43.5 Å². The number of ether oxygens (including phenoxy) is 1. The normalized spacial score (nSPS) is 22.8. The molecule has 2 aliphatic rings. The van der Waals surface area contributed by atoms with Crippen molar-refractivity contribution in [3.8, 4) is 5.75 Å². The molecule has 172 valence electrons. The number of benzene rings is 1. The number of amides is 2. The van der Waals surface area contributed by atoms with E-state index in [9.17, 15) is 31.5 Å². The highest BCUT2D eigenvalue weighted by atomic mass is 19.4. The predicted molar refractivity (Wildman–Crippen MR) is 100 cm³/mol. The van der Waals surface area contributed by atoms with Crippen LogP contribution in [0.5, 0.6) is 5.75 Å². The molecule has 2 saturated heterocycles. The van der Waals surface area contributed by atoms with E-state index in [1.165, 1.54) is 21.9 Å². The number of hydrogen-bond donors (Lipinski definition) is 0. The largest absolute Gasteiger partial charge is 0.435 e. The van der Waals surface area contributed by atoms with Gasteiger partial charge in [-0.05, 0) is 31.0 Å². The van der Waals surface area contributed by atoms with E-state index in [1.807, 2.05) is 4.90 Å². The highest BCUT2D eigenvalue weighted by Crippen LogP contribution is 2.28. The maximum Gasteiger partial charge on any atom is 0.389 e. The van der Waals surface area contributed by atoms with E-state index < -0.39 is 31.4 Å². The zero-order valence-electron chi connectivity index (χ0n) is 16.9. The number of rotatable bonds is 7. The molecule has 0 saturated carbocycles. The first-order chi connectivity index (χ1) is 14.5. The first-order valence-electron chi connectivity index (χ1n) is 9.99. The minimum atomic E-state index is -4.29. The third-order valence-electron chi connectivity index (χ3n) is 5.54. The Balaban J connectivity index is 1.70. The van der Waals surface area contributed by atoms with Crippen molar-refractivity contribution in [3.63, 3.8) is 0 Å². The zero-order chi connectivity index (χ0) is 22.8. The molecule has 0 N–H and O–H groups in total. The van der Waals surface area contributed by atoms with Crippen molar-refractivity contribution in [1.29, 1.82) is 0 Å².